The molecule has 0 saturated carbocycles. The summed E-state index contributed by atoms with van der Waals surface area (Å²) >= 11 is 0. The number of hydrogen-bond acceptors (Lipinski definition) is 6. The third kappa shape index (κ3) is 6.42. The molecule has 80 valence electrons. The van der Waals surface area contributed by atoms with Gasteiger partial charge in [-0.15, -0.1) is 0 Å². The van der Waals surface area contributed by atoms with Crippen molar-refractivity contribution < 1.29 is 27.6 Å². The normalized spacial score (nSPS) is 12.4. The number of carbonyl (C=O) groups is 1. The van der Waals surface area contributed by atoms with Crippen LogP contribution in [0.4, 0.5) is 0 Å². The first-order chi connectivity index (χ1) is 6.52. The van der Waals surface area contributed by atoms with Crippen molar-refractivity contribution in [2.45, 2.75) is 12.5 Å². The van der Waals surface area contributed by atoms with E-state index >= 15 is 0 Å². The summed E-state index contributed by atoms with van der Waals surface area (Å²) in [6, 6.07) is 0. The van der Waals surface area contributed by atoms with E-state index in [1.807, 2.05) is 0 Å². The van der Waals surface area contributed by atoms with Gasteiger partial charge >= 0.3 is 16.6 Å². The van der Waals surface area contributed by atoms with E-state index in [1.54, 1.807) is 0 Å². The smallest absolute Gasteiger partial charge is 0.315 e. The second-order valence-corrected chi connectivity index (χ2v) is 3.87. The first-order valence-electron chi connectivity index (χ1n) is 3.63. The van der Waals surface area contributed by atoms with Gasteiger partial charge in [0.15, 0.2) is 0 Å². The Balaban J connectivity index is 4.13. The molecule has 7 heteroatoms. The highest BCUT2D eigenvalue weighted by Crippen LogP contribution is 1.94. The fourth-order valence-corrected chi connectivity index (χ4v) is 1.25. The Bertz CT molecular complexity index is 322. The zero-order valence-electron chi connectivity index (χ0n) is 7.21. The average molecular weight is 222 g/mol. The Morgan fingerprint density at radius 2 is 2.14 bits per heavy atom. The fraction of sp³-hybridized carbons (Fsp3) is 0.571. The topological polar surface area (TPSA) is 101 Å². The van der Waals surface area contributed by atoms with Crippen molar-refractivity contribution in [1.82, 2.24) is 0 Å². The summed E-state index contributed by atoms with van der Waals surface area (Å²) in [6.07, 6.45) is -1.28. The van der Waals surface area contributed by atoms with Crippen molar-refractivity contribution in [3.05, 3.63) is 0 Å². The van der Waals surface area contributed by atoms with E-state index in [0.717, 1.165) is 0 Å². The van der Waals surface area contributed by atoms with E-state index in [2.05, 4.69) is 16.0 Å². The maximum atomic E-state index is 10.7. The minimum Gasteiger partial charge on any atom is -0.395 e. The molecule has 0 aromatic carbocycles. The maximum Gasteiger partial charge on any atom is 0.315 e. The van der Waals surface area contributed by atoms with Crippen LogP contribution in [-0.4, -0.2) is 43.6 Å². The van der Waals surface area contributed by atoms with Gasteiger partial charge in [0, 0.05) is 6.42 Å². The molecule has 0 aromatic heterocycles. The Morgan fingerprint density at radius 3 is 2.64 bits per heavy atom. The zero-order chi connectivity index (χ0) is 11.0. The van der Waals surface area contributed by atoms with E-state index in [1.165, 1.54) is 0 Å². The fourth-order valence-electron chi connectivity index (χ4n) is 0.580. The van der Waals surface area contributed by atoms with Gasteiger partial charge in [-0.3, -0.25) is 4.79 Å². The molecule has 14 heavy (non-hydrogen) atoms. The maximum absolute atomic E-state index is 10.7. The summed E-state index contributed by atoms with van der Waals surface area (Å²) in [4.78, 5) is 9.71. The molecule has 0 amide bonds. The van der Waals surface area contributed by atoms with Gasteiger partial charge in [0.05, 0.1) is 6.61 Å². The molecule has 0 aliphatic rings. The molecule has 0 fully saturated rings. The molecule has 0 aliphatic carbocycles. The first-order valence-corrected chi connectivity index (χ1v) is 5.21. The molecule has 0 saturated heterocycles. The van der Waals surface area contributed by atoms with Crippen LogP contribution in [0.5, 0.6) is 0 Å². The van der Waals surface area contributed by atoms with Crippen LogP contribution >= 0.6 is 0 Å². The van der Waals surface area contributed by atoms with Gasteiger partial charge in [0.1, 0.15) is 11.9 Å². The highest BCUT2D eigenvalue weighted by molar-refractivity contribution is 7.87. The third-order valence-corrected chi connectivity index (χ3v) is 2.15. The molecule has 0 aromatic rings. The Morgan fingerprint density at radius 1 is 1.50 bits per heavy atom. The van der Waals surface area contributed by atoms with Crippen LogP contribution < -0.4 is 0 Å². The third-order valence-electron chi connectivity index (χ3n) is 1.05. The Labute approximate surface area is 81.6 Å². The van der Waals surface area contributed by atoms with Crippen LogP contribution in [0.2, 0.25) is 0 Å². The largest absolute Gasteiger partial charge is 0.395 e. The molecular weight excluding hydrogens is 212 g/mol. The summed E-state index contributed by atoms with van der Waals surface area (Å²) in [6.45, 7) is -0.402. The Hall–Kier alpha value is -1.10. The van der Waals surface area contributed by atoms with Crippen molar-refractivity contribution in [1.29, 1.82) is 0 Å². The quantitative estimate of drug-likeness (QED) is 0.324. The number of aliphatic hydroxyl groups excluding tert-OH is 2. The van der Waals surface area contributed by atoms with Crippen LogP contribution in [0.1, 0.15) is 6.42 Å². The van der Waals surface area contributed by atoms with Crippen LogP contribution in [0, 0.1) is 11.8 Å². The van der Waals surface area contributed by atoms with Crippen molar-refractivity contribution in [3.8, 4) is 11.8 Å². The predicted octanol–water partition coefficient (Wildman–Crippen LogP) is -1.76. The standard InChI is InChI=1S/C7H10O6S/c8-4-2-1-3-7(10)5-14(11,12)13-6-9/h6-8,10H,2,4-5H2. The molecule has 0 heterocycles. The van der Waals surface area contributed by atoms with Crippen molar-refractivity contribution in [3.63, 3.8) is 0 Å². The van der Waals surface area contributed by atoms with Gasteiger partial charge in [-0.05, 0) is 0 Å². The molecule has 6 nitrogen and oxygen atoms in total. The average Bonchev–Trinajstić information content (AvgIpc) is 2.03. The molecule has 2 N–H and O–H groups in total. The molecule has 0 aliphatic heterocycles. The summed E-state index contributed by atoms with van der Waals surface area (Å²) in [5, 5.41) is 17.3. The zero-order valence-corrected chi connectivity index (χ0v) is 8.03. The van der Waals surface area contributed by atoms with Crippen LogP contribution in [0.25, 0.3) is 0 Å². The van der Waals surface area contributed by atoms with E-state index in [0.29, 0.717) is 0 Å². The summed E-state index contributed by atoms with van der Waals surface area (Å²) < 4.78 is 25.2. The van der Waals surface area contributed by atoms with Gasteiger partial charge in [0.2, 0.25) is 0 Å². The molecule has 0 spiro atoms. The SMILES string of the molecule is O=COS(=O)(=O)CC(O)C#CCCO. The molecule has 1 atom stereocenters. The van der Waals surface area contributed by atoms with E-state index in [4.69, 9.17) is 10.2 Å². The second-order valence-electron chi connectivity index (χ2n) is 2.23. The number of hydrogen-bond donors (Lipinski definition) is 2. The summed E-state index contributed by atoms with van der Waals surface area (Å²) in [7, 11) is -4.05. The number of rotatable bonds is 5. The van der Waals surface area contributed by atoms with E-state index in [-0.39, 0.29) is 19.5 Å². The summed E-state index contributed by atoms with van der Waals surface area (Å²) in [5.74, 6) is 3.74. The van der Waals surface area contributed by atoms with Crippen molar-refractivity contribution >= 4 is 16.6 Å². The van der Waals surface area contributed by atoms with Gasteiger partial charge in [0.25, 0.3) is 0 Å². The van der Waals surface area contributed by atoms with E-state index < -0.39 is 22.0 Å². The van der Waals surface area contributed by atoms with E-state index in [9.17, 15) is 13.2 Å². The van der Waals surface area contributed by atoms with Crippen molar-refractivity contribution in [2.24, 2.45) is 0 Å². The lowest BCUT2D eigenvalue weighted by Crippen LogP contribution is -2.20. The predicted molar refractivity (Wildman–Crippen MR) is 46.4 cm³/mol. The second kappa shape index (κ2) is 6.37. The molecule has 0 rings (SSSR count). The van der Waals surface area contributed by atoms with Crippen molar-refractivity contribution in [2.75, 3.05) is 12.4 Å². The lowest BCUT2D eigenvalue weighted by Gasteiger charge is -2.01. The number of aliphatic hydroxyl groups is 2. The molecule has 0 radical (unpaired) electrons. The molecule has 0 bridgehead atoms. The minimum absolute atomic E-state index is 0.144. The first kappa shape index (κ1) is 12.9. The minimum atomic E-state index is -4.05. The van der Waals surface area contributed by atoms with Gasteiger partial charge in [-0.1, -0.05) is 11.8 Å². The van der Waals surface area contributed by atoms with Gasteiger partial charge in [-0.25, -0.2) is 0 Å². The van der Waals surface area contributed by atoms with Crippen LogP contribution in [0.3, 0.4) is 0 Å². The van der Waals surface area contributed by atoms with Crippen LogP contribution in [-0.2, 0) is 19.1 Å². The van der Waals surface area contributed by atoms with Crippen LogP contribution in [0.15, 0.2) is 0 Å². The molecule has 1 unspecified atom stereocenters. The Kier molecular flexibility index (Phi) is 5.87. The lowest BCUT2D eigenvalue weighted by molar-refractivity contribution is -0.120. The highest BCUT2D eigenvalue weighted by atomic mass is 32.2. The van der Waals surface area contributed by atoms with Gasteiger partial charge in [-0.2, -0.15) is 8.42 Å². The number of carbonyl (C=O) groups excluding carboxylic acids is 1. The van der Waals surface area contributed by atoms with Gasteiger partial charge < -0.3 is 14.4 Å². The molecular formula is C7H10O6S. The lowest BCUT2D eigenvalue weighted by atomic mass is 10.3. The monoisotopic (exact) mass is 222 g/mol. The highest BCUT2D eigenvalue weighted by Gasteiger charge is 2.16. The summed E-state index contributed by atoms with van der Waals surface area (Å²) in [5.41, 5.74) is 0.